The maximum atomic E-state index is 8.55. The molecule has 1 heterocycles. The van der Waals surface area contributed by atoms with Crippen LogP contribution in [0.5, 0.6) is 0 Å². The van der Waals surface area contributed by atoms with Gasteiger partial charge in [0.05, 0.1) is 11.6 Å². The molecule has 0 fully saturated rings. The highest BCUT2D eigenvalue weighted by Crippen LogP contribution is 2.06. The summed E-state index contributed by atoms with van der Waals surface area (Å²) in [6.07, 6.45) is 4.03. The second-order valence-electron chi connectivity index (χ2n) is 1.60. The average Bonchev–Trinajstić information content (AvgIpc) is 1.88. The number of halogens is 1. The van der Waals surface area contributed by atoms with Gasteiger partial charge >= 0.3 is 0 Å². The van der Waals surface area contributed by atoms with Crippen LogP contribution in [0.4, 0.5) is 0 Å². The van der Waals surface area contributed by atoms with Crippen LogP contribution in [-0.2, 0) is 6.61 Å². The molecule has 0 spiro atoms. The molecule has 3 heteroatoms. The van der Waals surface area contributed by atoms with E-state index in [0.717, 1.165) is 0 Å². The lowest BCUT2D eigenvalue weighted by Crippen LogP contribution is -1.83. The minimum absolute atomic E-state index is 0.0264. The maximum absolute atomic E-state index is 8.55. The second kappa shape index (κ2) is 2.80. The van der Waals surface area contributed by atoms with E-state index in [9.17, 15) is 0 Å². The third-order valence-corrected chi connectivity index (χ3v) is 1.09. The molecule has 1 radical (unpaired) electrons. The molecule has 0 saturated heterocycles. The van der Waals surface area contributed by atoms with Gasteiger partial charge in [-0.05, 0) is 11.6 Å². The van der Waals surface area contributed by atoms with Gasteiger partial charge in [0.1, 0.15) is 6.20 Å². The molecule has 0 saturated carbocycles. The first-order chi connectivity index (χ1) is 4.33. The van der Waals surface area contributed by atoms with E-state index in [1.165, 1.54) is 6.20 Å². The summed E-state index contributed by atoms with van der Waals surface area (Å²) in [6, 6.07) is 1.62. The van der Waals surface area contributed by atoms with E-state index in [4.69, 9.17) is 16.7 Å². The van der Waals surface area contributed by atoms with Gasteiger partial charge < -0.3 is 5.11 Å². The van der Waals surface area contributed by atoms with Crippen molar-refractivity contribution in [3.63, 3.8) is 0 Å². The van der Waals surface area contributed by atoms with E-state index in [1.807, 2.05) is 0 Å². The van der Waals surface area contributed by atoms with Crippen LogP contribution in [0.15, 0.2) is 12.3 Å². The quantitative estimate of drug-likeness (QED) is 0.635. The fraction of sp³-hybridized carbons (Fsp3) is 0.167. The standard InChI is InChI=1S/C6H5ClNO/c7-6-1-5(4-9)2-8-3-6/h1-2,9H,4H2. The highest BCUT2D eigenvalue weighted by molar-refractivity contribution is 6.30. The number of pyridine rings is 1. The highest BCUT2D eigenvalue weighted by atomic mass is 35.5. The van der Waals surface area contributed by atoms with Gasteiger partial charge in [-0.25, -0.2) is 0 Å². The number of aromatic nitrogens is 1. The number of nitrogens with zero attached hydrogens (tertiary/aromatic N) is 1. The monoisotopic (exact) mass is 142 g/mol. The molecule has 2 nitrogen and oxygen atoms in total. The van der Waals surface area contributed by atoms with Crippen molar-refractivity contribution >= 4 is 11.6 Å². The Labute approximate surface area is 58.1 Å². The average molecular weight is 143 g/mol. The summed E-state index contributed by atoms with van der Waals surface area (Å²) in [7, 11) is 0. The summed E-state index contributed by atoms with van der Waals surface area (Å²) in [6.45, 7) is -0.0264. The summed E-state index contributed by atoms with van der Waals surface area (Å²) in [5.41, 5.74) is 0.707. The molecular formula is C6H5ClNO. The van der Waals surface area contributed by atoms with Gasteiger partial charge in [0.2, 0.25) is 0 Å². The molecule has 9 heavy (non-hydrogen) atoms. The molecule has 0 amide bonds. The van der Waals surface area contributed by atoms with Crippen LogP contribution < -0.4 is 0 Å². The predicted molar refractivity (Wildman–Crippen MR) is 34.0 cm³/mol. The zero-order chi connectivity index (χ0) is 6.69. The summed E-state index contributed by atoms with van der Waals surface area (Å²) >= 11 is 5.49. The SMILES string of the molecule is OCc1cn[c]c(Cl)c1. The second-order valence-corrected chi connectivity index (χ2v) is 2.00. The molecule has 1 rings (SSSR count). The summed E-state index contributed by atoms with van der Waals surface area (Å²) in [5.74, 6) is 0. The number of hydrogen-bond acceptors (Lipinski definition) is 2. The van der Waals surface area contributed by atoms with Gasteiger partial charge in [0, 0.05) is 6.20 Å². The molecule has 0 aliphatic rings. The lowest BCUT2D eigenvalue weighted by Gasteiger charge is -1.91. The van der Waals surface area contributed by atoms with E-state index in [-0.39, 0.29) is 6.61 Å². The van der Waals surface area contributed by atoms with E-state index in [0.29, 0.717) is 10.6 Å². The Morgan fingerprint density at radius 1 is 1.78 bits per heavy atom. The first-order valence-corrected chi connectivity index (χ1v) is 2.83. The Kier molecular flexibility index (Phi) is 2.03. The molecule has 0 aliphatic carbocycles. The van der Waals surface area contributed by atoms with Crippen molar-refractivity contribution < 1.29 is 5.11 Å². The summed E-state index contributed by atoms with van der Waals surface area (Å²) in [4.78, 5) is 3.64. The smallest absolute Gasteiger partial charge is 0.109 e. The van der Waals surface area contributed by atoms with Crippen molar-refractivity contribution in [3.8, 4) is 0 Å². The van der Waals surface area contributed by atoms with Gasteiger partial charge in [-0.15, -0.1) is 0 Å². The number of aliphatic hydroxyl groups excluding tert-OH is 1. The zero-order valence-electron chi connectivity index (χ0n) is 4.63. The molecule has 0 bridgehead atoms. The van der Waals surface area contributed by atoms with Crippen molar-refractivity contribution in [2.24, 2.45) is 0 Å². The maximum Gasteiger partial charge on any atom is 0.109 e. The third-order valence-electron chi connectivity index (χ3n) is 0.896. The van der Waals surface area contributed by atoms with Crippen molar-refractivity contribution in [3.05, 3.63) is 29.0 Å². The minimum Gasteiger partial charge on any atom is -0.392 e. The largest absolute Gasteiger partial charge is 0.392 e. The van der Waals surface area contributed by atoms with Crippen LogP contribution >= 0.6 is 11.6 Å². The van der Waals surface area contributed by atoms with Gasteiger partial charge in [-0.3, -0.25) is 4.98 Å². The first-order valence-electron chi connectivity index (χ1n) is 2.46. The van der Waals surface area contributed by atoms with Gasteiger partial charge in [0.25, 0.3) is 0 Å². The Balaban J connectivity index is 2.94. The normalized spacial score (nSPS) is 9.56. The van der Waals surface area contributed by atoms with Crippen LogP contribution in [0, 0.1) is 6.20 Å². The van der Waals surface area contributed by atoms with Crippen LogP contribution in [0.1, 0.15) is 5.56 Å². The Morgan fingerprint density at radius 2 is 2.56 bits per heavy atom. The Bertz CT molecular complexity index is 202. The van der Waals surface area contributed by atoms with E-state index in [1.54, 1.807) is 6.07 Å². The van der Waals surface area contributed by atoms with E-state index < -0.39 is 0 Å². The predicted octanol–water partition coefficient (Wildman–Crippen LogP) is 1.03. The van der Waals surface area contributed by atoms with Crippen molar-refractivity contribution in [1.29, 1.82) is 0 Å². The van der Waals surface area contributed by atoms with E-state index >= 15 is 0 Å². The first kappa shape index (κ1) is 6.52. The lowest BCUT2D eigenvalue weighted by atomic mass is 10.3. The number of aliphatic hydroxyl groups is 1. The molecule has 0 atom stereocenters. The van der Waals surface area contributed by atoms with Crippen LogP contribution in [0.25, 0.3) is 0 Å². The topological polar surface area (TPSA) is 33.1 Å². The van der Waals surface area contributed by atoms with Crippen LogP contribution in [0.2, 0.25) is 5.02 Å². The Hall–Kier alpha value is -0.600. The van der Waals surface area contributed by atoms with Crippen LogP contribution in [-0.4, -0.2) is 10.1 Å². The zero-order valence-corrected chi connectivity index (χ0v) is 5.39. The van der Waals surface area contributed by atoms with E-state index in [2.05, 4.69) is 11.2 Å². The number of rotatable bonds is 1. The molecule has 0 unspecified atom stereocenters. The summed E-state index contributed by atoms with van der Waals surface area (Å²) in [5, 5.41) is 8.98. The molecular weight excluding hydrogens is 138 g/mol. The van der Waals surface area contributed by atoms with Gasteiger partial charge in [-0.2, -0.15) is 0 Å². The van der Waals surface area contributed by atoms with Crippen molar-refractivity contribution in [1.82, 2.24) is 4.98 Å². The van der Waals surface area contributed by atoms with Gasteiger partial charge in [0.15, 0.2) is 0 Å². The fourth-order valence-electron chi connectivity index (χ4n) is 0.496. The number of hydrogen-bond donors (Lipinski definition) is 1. The van der Waals surface area contributed by atoms with Crippen LogP contribution in [0.3, 0.4) is 0 Å². The molecule has 0 aliphatic heterocycles. The summed E-state index contributed by atoms with van der Waals surface area (Å²) < 4.78 is 0. The molecule has 1 aromatic rings. The molecule has 47 valence electrons. The van der Waals surface area contributed by atoms with Crippen molar-refractivity contribution in [2.45, 2.75) is 6.61 Å². The fourth-order valence-corrected chi connectivity index (χ4v) is 0.685. The third kappa shape index (κ3) is 1.66. The molecule has 1 aromatic heterocycles. The highest BCUT2D eigenvalue weighted by Gasteiger charge is 1.90. The minimum atomic E-state index is -0.0264. The van der Waals surface area contributed by atoms with Gasteiger partial charge in [-0.1, -0.05) is 11.6 Å². The lowest BCUT2D eigenvalue weighted by molar-refractivity contribution is 0.281. The molecule has 1 N–H and O–H groups in total. The molecule has 0 aromatic carbocycles. The Morgan fingerprint density at radius 3 is 3.00 bits per heavy atom. The van der Waals surface area contributed by atoms with Crippen molar-refractivity contribution in [2.75, 3.05) is 0 Å².